The van der Waals surface area contributed by atoms with Crippen LogP contribution in [0.25, 0.3) is 0 Å². The molecule has 0 aliphatic rings. The van der Waals surface area contributed by atoms with E-state index in [4.69, 9.17) is 4.74 Å². The van der Waals surface area contributed by atoms with Crippen molar-refractivity contribution in [2.24, 2.45) is 0 Å². The molecule has 0 atom stereocenters. The lowest BCUT2D eigenvalue weighted by Crippen LogP contribution is -2.03. The molecule has 1 N–H and O–H groups in total. The third-order valence-corrected chi connectivity index (χ3v) is 3.06. The van der Waals surface area contributed by atoms with Gasteiger partial charge in [0.05, 0.1) is 6.61 Å². The van der Waals surface area contributed by atoms with Crippen LogP contribution in [0.4, 0.5) is 0 Å². The van der Waals surface area contributed by atoms with Gasteiger partial charge < -0.3 is 9.84 Å². The molecule has 0 aliphatic carbocycles. The maximum absolute atomic E-state index is 11.1. The van der Waals surface area contributed by atoms with Gasteiger partial charge in [0, 0.05) is 6.42 Å². The molecular weight excluding hydrogens is 240 g/mol. The molecule has 0 unspecified atom stereocenters. The van der Waals surface area contributed by atoms with Gasteiger partial charge in [-0.3, -0.25) is 4.79 Å². The number of aryl methyl sites for hydroxylation is 1. The van der Waals surface area contributed by atoms with E-state index in [9.17, 15) is 9.90 Å². The van der Waals surface area contributed by atoms with E-state index in [1.807, 2.05) is 25.1 Å². The highest BCUT2D eigenvalue weighted by Gasteiger charge is 2.00. The Hall–Kier alpha value is -1.51. The summed E-state index contributed by atoms with van der Waals surface area (Å²) in [4.78, 5) is 11.1. The van der Waals surface area contributed by atoms with Crippen LogP contribution in [0.15, 0.2) is 24.3 Å². The summed E-state index contributed by atoms with van der Waals surface area (Å²) in [6.07, 6.45) is 7.00. The molecule has 19 heavy (non-hydrogen) atoms. The molecule has 0 heterocycles. The third kappa shape index (κ3) is 7.50. The average Bonchev–Trinajstić information content (AvgIpc) is 2.38. The third-order valence-electron chi connectivity index (χ3n) is 3.06. The van der Waals surface area contributed by atoms with Crippen molar-refractivity contribution in [2.75, 3.05) is 6.61 Å². The number of ether oxygens (including phenoxy) is 1. The largest absolute Gasteiger partial charge is 0.508 e. The number of carbonyl (C=O) groups excluding carboxylic acids is 1. The van der Waals surface area contributed by atoms with Gasteiger partial charge in [0.2, 0.25) is 0 Å². The van der Waals surface area contributed by atoms with Crippen molar-refractivity contribution < 1.29 is 14.6 Å². The number of unbranched alkanes of at least 4 members (excludes halogenated alkanes) is 4. The second-order valence-corrected chi connectivity index (χ2v) is 4.74. The van der Waals surface area contributed by atoms with Gasteiger partial charge in [-0.1, -0.05) is 31.4 Å². The van der Waals surface area contributed by atoms with Gasteiger partial charge in [0.1, 0.15) is 5.75 Å². The second-order valence-electron chi connectivity index (χ2n) is 4.74. The Morgan fingerprint density at radius 2 is 1.89 bits per heavy atom. The lowest BCUT2D eigenvalue weighted by Gasteiger charge is -2.03. The van der Waals surface area contributed by atoms with Gasteiger partial charge in [-0.15, -0.1) is 0 Å². The minimum Gasteiger partial charge on any atom is -0.508 e. The number of hydrogen-bond donors (Lipinski definition) is 1. The van der Waals surface area contributed by atoms with Crippen LogP contribution in [0.1, 0.15) is 51.0 Å². The Bertz CT molecular complexity index is 374. The number of phenolic OH excluding ortho intramolecular Hbond substituents is 1. The maximum Gasteiger partial charge on any atom is 0.305 e. The van der Waals surface area contributed by atoms with Gasteiger partial charge in [0.25, 0.3) is 0 Å². The number of carbonyl (C=O) groups is 1. The van der Waals surface area contributed by atoms with E-state index >= 15 is 0 Å². The minimum absolute atomic E-state index is 0.0812. The quantitative estimate of drug-likeness (QED) is 0.544. The summed E-state index contributed by atoms with van der Waals surface area (Å²) in [5, 5.41) is 9.34. The fourth-order valence-electron chi connectivity index (χ4n) is 2.07. The molecule has 0 radical (unpaired) electrons. The zero-order valence-electron chi connectivity index (χ0n) is 11.7. The van der Waals surface area contributed by atoms with Crippen LogP contribution in [-0.4, -0.2) is 17.7 Å². The molecule has 1 rings (SSSR count). The van der Waals surface area contributed by atoms with Crippen LogP contribution >= 0.6 is 0 Å². The van der Waals surface area contributed by atoms with Crippen molar-refractivity contribution in [3.8, 4) is 5.75 Å². The summed E-state index contributed by atoms with van der Waals surface area (Å²) >= 11 is 0. The van der Waals surface area contributed by atoms with Crippen molar-refractivity contribution in [3.05, 3.63) is 29.8 Å². The zero-order chi connectivity index (χ0) is 13.9. The Labute approximate surface area is 115 Å². The summed E-state index contributed by atoms with van der Waals surface area (Å²) in [5.74, 6) is 0.259. The van der Waals surface area contributed by atoms with E-state index in [0.717, 1.165) is 32.1 Å². The summed E-state index contributed by atoms with van der Waals surface area (Å²) < 4.78 is 4.88. The first-order valence-electron chi connectivity index (χ1n) is 7.16. The first kappa shape index (κ1) is 15.5. The molecule has 1 aromatic rings. The fourth-order valence-corrected chi connectivity index (χ4v) is 2.07. The number of rotatable bonds is 9. The summed E-state index contributed by atoms with van der Waals surface area (Å²) in [6.45, 7) is 2.31. The summed E-state index contributed by atoms with van der Waals surface area (Å²) in [7, 11) is 0. The van der Waals surface area contributed by atoms with Gasteiger partial charge in [-0.25, -0.2) is 0 Å². The Balaban J connectivity index is 1.98. The first-order valence-corrected chi connectivity index (χ1v) is 7.16. The molecule has 0 aliphatic heterocycles. The highest BCUT2D eigenvalue weighted by molar-refractivity contribution is 5.69. The van der Waals surface area contributed by atoms with Gasteiger partial charge in [0.15, 0.2) is 0 Å². The van der Waals surface area contributed by atoms with E-state index in [1.54, 1.807) is 6.07 Å². The molecule has 0 amide bonds. The molecule has 0 bridgehead atoms. The molecule has 106 valence electrons. The van der Waals surface area contributed by atoms with E-state index in [2.05, 4.69) is 0 Å². The van der Waals surface area contributed by atoms with Crippen molar-refractivity contribution in [2.45, 2.75) is 51.9 Å². The summed E-state index contributed by atoms with van der Waals surface area (Å²) in [6, 6.07) is 7.43. The highest BCUT2D eigenvalue weighted by atomic mass is 16.5. The van der Waals surface area contributed by atoms with Gasteiger partial charge >= 0.3 is 5.97 Å². The van der Waals surface area contributed by atoms with Crippen LogP contribution in [0.2, 0.25) is 0 Å². The first-order chi connectivity index (χ1) is 9.22. The number of esters is 1. The van der Waals surface area contributed by atoms with E-state index in [0.29, 0.717) is 18.8 Å². The molecule has 3 nitrogen and oxygen atoms in total. The highest BCUT2D eigenvalue weighted by Crippen LogP contribution is 2.14. The van der Waals surface area contributed by atoms with Gasteiger partial charge in [-0.05, 0) is 43.9 Å². The van der Waals surface area contributed by atoms with Crippen LogP contribution < -0.4 is 0 Å². The Morgan fingerprint density at radius 3 is 2.63 bits per heavy atom. The SMILES string of the molecule is CCOC(=O)CCCCCCCc1cccc(O)c1. The van der Waals surface area contributed by atoms with Crippen molar-refractivity contribution >= 4 is 5.97 Å². The molecule has 0 fully saturated rings. The van der Waals surface area contributed by atoms with Gasteiger partial charge in [-0.2, -0.15) is 0 Å². The number of benzene rings is 1. The monoisotopic (exact) mass is 264 g/mol. The lowest BCUT2D eigenvalue weighted by atomic mass is 10.0. The average molecular weight is 264 g/mol. The number of phenols is 1. The van der Waals surface area contributed by atoms with Crippen LogP contribution in [0.5, 0.6) is 5.75 Å². The summed E-state index contributed by atoms with van der Waals surface area (Å²) in [5.41, 5.74) is 1.19. The number of aromatic hydroxyl groups is 1. The molecule has 0 saturated carbocycles. The number of hydrogen-bond acceptors (Lipinski definition) is 3. The molecule has 0 aromatic heterocycles. The van der Waals surface area contributed by atoms with Crippen molar-refractivity contribution in [3.63, 3.8) is 0 Å². The molecule has 0 spiro atoms. The van der Waals surface area contributed by atoms with Crippen LogP contribution in [-0.2, 0) is 16.0 Å². The lowest BCUT2D eigenvalue weighted by molar-refractivity contribution is -0.143. The fraction of sp³-hybridized carbons (Fsp3) is 0.562. The maximum atomic E-state index is 11.1. The topological polar surface area (TPSA) is 46.5 Å². The normalized spacial score (nSPS) is 10.4. The van der Waals surface area contributed by atoms with Crippen molar-refractivity contribution in [1.29, 1.82) is 0 Å². The zero-order valence-corrected chi connectivity index (χ0v) is 11.7. The van der Waals surface area contributed by atoms with Crippen LogP contribution in [0.3, 0.4) is 0 Å². The Kier molecular flexibility index (Phi) is 7.71. The van der Waals surface area contributed by atoms with E-state index in [1.165, 1.54) is 12.0 Å². The van der Waals surface area contributed by atoms with Crippen molar-refractivity contribution in [1.82, 2.24) is 0 Å². The van der Waals surface area contributed by atoms with Crippen LogP contribution in [0, 0.1) is 0 Å². The predicted molar refractivity (Wildman–Crippen MR) is 76.1 cm³/mol. The van der Waals surface area contributed by atoms with E-state index < -0.39 is 0 Å². The predicted octanol–water partition coefficient (Wildman–Crippen LogP) is 3.84. The molecule has 1 aromatic carbocycles. The standard InChI is InChI=1S/C16H24O3/c1-2-19-16(18)12-7-5-3-4-6-9-14-10-8-11-15(17)13-14/h8,10-11,13,17H,2-7,9,12H2,1H3. The Morgan fingerprint density at radius 1 is 1.16 bits per heavy atom. The smallest absolute Gasteiger partial charge is 0.305 e. The van der Waals surface area contributed by atoms with E-state index in [-0.39, 0.29) is 5.97 Å². The second kappa shape index (κ2) is 9.42. The molecule has 0 saturated heterocycles. The molecular formula is C16H24O3. The molecule has 3 heteroatoms. The minimum atomic E-state index is -0.0812.